The SMILES string of the molecule is F[C-]=C(F)F.[Y].[Zn]. The summed E-state index contributed by atoms with van der Waals surface area (Å²) < 4.78 is 30.5. The largest absolute Gasteiger partial charge is 0.453 e. The van der Waals surface area contributed by atoms with E-state index in [2.05, 4.69) is 0 Å². The van der Waals surface area contributed by atoms with Gasteiger partial charge in [-0.1, -0.05) is 0 Å². The molecule has 0 rings (SSSR count). The van der Waals surface area contributed by atoms with E-state index < -0.39 is 6.08 Å². The first-order valence-corrected chi connectivity index (χ1v) is 0.817. The normalized spacial score (nSPS) is 5.00. The summed E-state index contributed by atoms with van der Waals surface area (Å²) in [6.07, 6.45) is -2.30. The molecule has 0 aliphatic carbocycles. The van der Waals surface area contributed by atoms with Gasteiger partial charge in [-0.25, -0.2) is 15.1 Å². The molecule has 0 saturated heterocycles. The van der Waals surface area contributed by atoms with E-state index in [1.807, 2.05) is 0 Å². The molecule has 0 unspecified atom stereocenters. The Hall–Kier alpha value is 1.26. The summed E-state index contributed by atoms with van der Waals surface area (Å²) in [6, 6.07) is 0. The van der Waals surface area contributed by atoms with Crippen LogP contribution >= 0.6 is 0 Å². The van der Waals surface area contributed by atoms with Crippen LogP contribution in [0.25, 0.3) is 0 Å². The summed E-state index contributed by atoms with van der Waals surface area (Å²) in [7, 11) is 0. The third-order valence-corrected chi connectivity index (χ3v) is 0.0714. The van der Waals surface area contributed by atoms with Gasteiger partial charge in [0.2, 0.25) is 0 Å². The van der Waals surface area contributed by atoms with Gasteiger partial charge in [0, 0.05) is 52.2 Å². The van der Waals surface area contributed by atoms with Crippen molar-refractivity contribution in [2.24, 2.45) is 0 Å². The van der Waals surface area contributed by atoms with E-state index in [-0.39, 0.29) is 58.5 Å². The fraction of sp³-hybridized carbons (Fsp3) is 0. The number of halogens is 3. The van der Waals surface area contributed by atoms with Crippen molar-refractivity contribution in [2.75, 3.05) is 0 Å². The van der Waals surface area contributed by atoms with Crippen LogP contribution in [0.4, 0.5) is 13.2 Å². The zero-order valence-corrected chi connectivity index (χ0v) is 9.22. The molecule has 7 heavy (non-hydrogen) atoms. The zero-order chi connectivity index (χ0) is 4.28. The average Bonchev–Trinajstić information content (AvgIpc) is 1.38. The Bertz CT molecular complexity index is 50.9. The topological polar surface area (TPSA) is 0 Å². The number of hydrogen-bond donors (Lipinski definition) is 0. The van der Waals surface area contributed by atoms with Gasteiger partial charge >= 0.3 is 0 Å². The van der Waals surface area contributed by atoms with Gasteiger partial charge < -0.3 is 4.39 Å². The van der Waals surface area contributed by atoms with Gasteiger partial charge in [-0.2, -0.15) is 0 Å². The monoisotopic (exact) mass is 234 g/mol. The van der Waals surface area contributed by atoms with Crippen molar-refractivity contribution in [3.63, 3.8) is 0 Å². The maximum Gasteiger partial charge on any atom is 0.120 e. The quantitative estimate of drug-likeness (QED) is 0.441. The maximum absolute atomic E-state index is 10.2. The summed E-state index contributed by atoms with van der Waals surface area (Å²) in [5, 5.41) is 0. The summed E-state index contributed by atoms with van der Waals surface area (Å²) >= 11 is 0. The summed E-state index contributed by atoms with van der Waals surface area (Å²) in [6.45, 7) is 0. The molecule has 0 atom stereocenters. The van der Waals surface area contributed by atoms with Crippen molar-refractivity contribution >= 4 is 0 Å². The standard InChI is InChI=1S/C2F3.Y.Zn/c3-1-2(4)5;;/q-1;;. The van der Waals surface area contributed by atoms with Crippen LogP contribution in [0.2, 0.25) is 0 Å². The van der Waals surface area contributed by atoms with Crippen LogP contribution in [-0.2, 0) is 52.2 Å². The van der Waals surface area contributed by atoms with Crippen molar-refractivity contribution in [1.82, 2.24) is 0 Å². The van der Waals surface area contributed by atoms with Crippen LogP contribution in [0.3, 0.4) is 0 Å². The Morgan fingerprint density at radius 3 is 1.43 bits per heavy atom. The van der Waals surface area contributed by atoms with Crippen LogP contribution < -0.4 is 0 Å². The molecule has 0 amide bonds. The number of rotatable bonds is 0. The van der Waals surface area contributed by atoms with Crippen LogP contribution in [0, 0.1) is 6.33 Å². The van der Waals surface area contributed by atoms with Gasteiger partial charge in [0.15, 0.2) is 0 Å². The predicted molar refractivity (Wildman–Crippen MR) is 10.1 cm³/mol. The molecule has 1 radical (unpaired) electrons. The van der Waals surface area contributed by atoms with Gasteiger partial charge in [0.1, 0.15) is 6.08 Å². The molecule has 0 aromatic carbocycles. The van der Waals surface area contributed by atoms with Crippen molar-refractivity contribution in [3.05, 3.63) is 12.4 Å². The van der Waals surface area contributed by atoms with Gasteiger partial charge in [-0.15, -0.1) is 0 Å². The second kappa shape index (κ2) is 10.3. The minimum Gasteiger partial charge on any atom is -0.453 e. The van der Waals surface area contributed by atoms with E-state index in [9.17, 15) is 13.2 Å². The Labute approximate surface area is 77.2 Å². The molecule has 0 aliphatic heterocycles. The second-order valence-corrected chi connectivity index (χ2v) is 0.355. The fourth-order valence-corrected chi connectivity index (χ4v) is 0. The van der Waals surface area contributed by atoms with E-state index in [0.29, 0.717) is 0 Å². The van der Waals surface area contributed by atoms with E-state index >= 15 is 0 Å². The Morgan fingerprint density at radius 2 is 1.43 bits per heavy atom. The molecule has 0 aliphatic rings. The molecule has 0 saturated carbocycles. The van der Waals surface area contributed by atoms with Crippen molar-refractivity contribution in [2.45, 2.75) is 0 Å². The summed E-state index contributed by atoms with van der Waals surface area (Å²) in [5.41, 5.74) is 0. The number of hydrogen-bond acceptors (Lipinski definition) is 0. The van der Waals surface area contributed by atoms with Gasteiger partial charge in [0.25, 0.3) is 0 Å². The van der Waals surface area contributed by atoms with E-state index in [1.165, 1.54) is 0 Å². The van der Waals surface area contributed by atoms with Crippen LogP contribution in [0.1, 0.15) is 0 Å². The molecule has 0 aromatic rings. The molecule has 0 N–H and O–H groups in total. The molecule has 0 spiro atoms. The van der Waals surface area contributed by atoms with Crippen molar-refractivity contribution in [3.8, 4) is 0 Å². The van der Waals surface area contributed by atoms with E-state index in [0.717, 1.165) is 0 Å². The van der Waals surface area contributed by atoms with Gasteiger partial charge in [-0.05, 0) is 0 Å². The molecule has 35 valence electrons. The van der Waals surface area contributed by atoms with Gasteiger partial charge in [0.05, 0.1) is 0 Å². The minimum atomic E-state index is -2.41. The van der Waals surface area contributed by atoms with Crippen LogP contribution in [-0.4, -0.2) is 0 Å². The summed E-state index contributed by atoms with van der Waals surface area (Å²) in [4.78, 5) is 0. The Balaban J connectivity index is -0.0000000800. The van der Waals surface area contributed by atoms with Crippen molar-refractivity contribution < 1.29 is 65.4 Å². The first kappa shape index (κ1) is 15.7. The first-order chi connectivity index (χ1) is 2.27. The first-order valence-electron chi connectivity index (χ1n) is 0.817. The molecule has 0 heterocycles. The third kappa shape index (κ3) is 18.9. The maximum atomic E-state index is 10.2. The third-order valence-electron chi connectivity index (χ3n) is 0.0714. The second-order valence-electron chi connectivity index (χ2n) is 0.355. The van der Waals surface area contributed by atoms with Crippen molar-refractivity contribution in [1.29, 1.82) is 0 Å². The van der Waals surface area contributed by atoms with E-state index in [4.69, 9.17) is 0 Å². The average molecular weight is 235 g/mol. The molecule has 0 fully saturated rings. The molecular weight excluding hydrogens is 235 g/mol. The Morgan fingerprint density at radius 1 is 1.29 bits per heavy atom. The smallest absolute Gasteiger partial charge is 0.120 e. The van der Waals surface area contributed by atoms with Crippen LogP contribution in [0.5, 0.6) is 0 Å². The molecule has 5 heteroatoms. The fourth-order valence-electron chi connectivity index (χ4n) is 0. The molecule has 0 bridgehead atoms. The molecule has 0 nitrogen and oxygen atoms in total. The Kier molecular flexibility index (Phi) is 23.1. The molecular formula is C2F3YZn-. The van der Waals surface area contributed by atoms with Crippen LogP contribution in [0.15, 0.2) is 6.08 Å². The zero-order valence-electron chi connectivity index (χ0n) is 3.42. The molecule has 0 aromatic heterocycles. The van der Waals surface area contributed by atoms with E-state index in [1.54, 1.807) is 0 Å². The minimum absolute atomic E-state index is 0. The predicted octanol–water partition coefficient (Wildman–Crippen LogP) is 1.49. The summed E-state index contributed by atoms with van der Waals surface area (Å²) in [5.74, 6) is 0. The van der Waals surface area contributed by atoms with Gasteiger partial charge in [-0.3, -0.25) is 0 Å².